The SMILES string of the molecule is CCCC1C(O)=C2CCC3(C)CC(C)C(O3)C(C)C(O)C(C)C(=O)CC1OC2=O. The van der Waals surface area contributed by atoms with E-state index in [1.54, 1.807) is 6.92 Å². The summed E-state index contributed by atoms with van der Waals surface area (Å²) in [6.07, 6.45) is 1.60. The molecule has 0 aromatic rings. The monoisotopic (exact) mass is 408 g/mol. The predicted octanol–water partition coefficient (Wildman–Crippen LogP) is 3.71. The van der Waals surface area contributed by atoms with Gasteiger partial charge in [-0.3, -0.25) is 4.79 Å². The average molecular weight is 409 g/mol. The molecule has 4 aliphatic rings. The van der Waals surface area contributed by atoms with Crippen LogP contribution in [0, 0.1) is 23.7 Å². The Morgan fingerprint density at radius 1 is 1.21 bits per heavy atom. The second kappa shape index (κ2) is 8.38. The standard InChI is InChI=1S/C23H36O6/c1-6-7-15-18-10-17(24)13(3)19(25)14(4)21-12(2)11-23(5,29-21)9-8-16(20(15)26)22(27)28-18/h12-15,18-19,21,25-26H,6-11H2,1-5H3. The minimum Gasteiger partial charge on any atom is -0.511 e. The van der Waals surface area contributed by atoms with Crippen LogP contribution in [-0.4, -0.2) is 45.9 Å². The van der Waals surface area contributed by atoms with Crippen LogP contribution in [0.1, 0.15) is 73.1 Å². The van der Waals surface area contributed by atoms with Crippen molar-refractivity contribution in [1.82, 2.24) is 0 Å². The zero-order chi connectivity index (χ0) is 21.5. The lowest BCUT2D eigenvalue weighted by molar-refractivity contribution is -0.154. The molecule has 164 valence electrons. The molecule has 0 aromatic carbocycles. The van der Waals surface area contributed by atoms with E-state index in [1.807, 2.05) is 20.8 Å². The van der Waals surface area contributed by atoms with Crippen LogP contribution in [0.15, 0.2) is 11.3 Å². The number of rotatable bonds is 2. The molecule has 6 heteroatoms. The van der Waals surface area contributed by atoms with Crippen molar-refractivity contribution in [1.29, 1.82) is 0 Å². The number of carbonyl (C=O) groups excluding carboxylic acids is 2. The normalized spacial score (nSPS) is 44.0. The van der Waals surface area contributed by atoms with Gasteiger partial charge >= 0.3 is 5.97 Å². The van der Waals surface area contributed by atoms with E-state index in [0.717, 1.165) is 12.8 Å². The quantitative estimate of drug-likeness (QED) is 0.677. The van der Waals surface area contributed by atoms with Crippen LogP contribution in [-0.2, 0) is 19.1 Å². The highest BCUT2D eigenvalue weighted by atomic mass is 16.5. The molecule has 2 fully saturated rings. The maximum absolute atomic E-state index is 12.9. The van der Waals surface area contributed by atoms with Gasteiger partial charge in [0.25, 0.3) is 0 Å². The zero-order valence-corrected chi connectivity index (χ0v) is 18.3. The Labute approximate surface area is 173 Å². The van der Waals surface area contributed by atoms with Crippen molar-refractivity contribution >= 4 is 11.8 Å². The first kappa shape index (κ1) is 22.3. The molecule has 0 aromatic heterocycles. The molecule has 0 aliphatic carbocycles. The number of esters is 1. The van der Waals surface area contributed by atoms with E-state index in [4.69, 9.17) is 9.47 Å². The number of carbonyl (C=O) groups is 2. The van der Waals surface area contributed by atoms with E-state index < -0.39 is 29.7 Å². The summed E-state index contributed by atoms with van der Waals surface area (Å²) >= 11 is 0. The summed E-state index contributed by atoms with van der Waals surface area (Å²) < 4.78 is 12.0. The van der Waals surface area contributed by atoms with Gasteiger partial charge in [-0.2, -0.15) is 0 Å². The maximum Gasteiger partial charge on any atom is 0.337 e. The lowest BCUT2D eigenvalue weighted by Gasteiger charge is -2.36. The molecule has 0 radical (unpaired) electrons. The van der Waals surface area contributed by atoms with E-state index in [-0.39, 0.29) is 41.8 Å². The summed E-state index contributed by atoms with van der Waals surface area (Å²) in [5.74, 6) is -1.51. The van der Waals surface area contributed by atoms with Gasteiger partial charge in [0.2, 0.25) is 0 Å². The summed E-state index contributed by atoms with van der Waals surface area (Å²) in [6, 6.07) is 0. The summed E-state index contributed by atoms with van der Waals surface area (Å²) in [7, 11) is 0. The predicted molar refractivity (Wildman–Crippen MR) is 108 cm³/mol. The van der Waals surface area contributed by atoms with Crippen LogP contribution in [0.25, 0.3) is 0 Å². The Morgan fingerprint density at radius 3 is 2.55 bits per heavy atom. The minimum atomic E-state index is -0.830. The molecule has 6 nitrogen and oxygen atoms in total. The summed E-state index contributed by atoms with van der Waals surface area (Å²) in [5, 5.41) is 21.8. The number of aliphatic hydroxyl groups is 2. The van der Waals surface area contributed by atoms with Crippen LogP contribution in [0.4, 0.5) is 0 Å². The van der Waals surface area contributed by atoms with Gasteiger partial charge in [-0.25, -0.2) is 4.79 Å². The second-order valence-corrected chi connectivity index (χ2v) is 9.73. The summed E-state index contributed by atoms with van der Waals surface area (Å²) in [6.45, 7) is 9.82. The van der Waals surface area contributed by atoms with E-state index in [9.17, 15) is 19.8 Å². The number of Topliss-reactive ketones (excluding diaryl/α,β-unsaturated/α-hetero) is 1. The molecule has 8 unspecified atom stereocenters. The second-order valence-electron chi connectivity index (χ2n) is 9.73. The zero-order valence-electron chi connectivity index (χ0n) is 18.3. The van der Waals surface area contributed by atoms with Gasteiger partial charge in [0.15, 0.2) is 0 Å². The molecule has 2 saturated heterocycles. The number of fused-ring (bicyclic) bond motifs is 7. The topological polar surface area (TPSA) is 93.1 Å². The van der Waals surface area contributed by atoms with Crippen LogP contribution in [0.5, 0.6) is 0 Å². The third-order valence-electron chi connectivity index (χ3n) is 7.33. The summed E-state index contributed by atoms with van der Waals surface area (Å²) in [4.78, 5) is 25.6. The number of ether oxygens (including phenoxy) is 2. The van der Waals surface area contributed by atoms with Gasteiger partial charge in [0.1, 0.15) is 17.6 Å². The number of hydrogen-bond donors (Lipinski definition) is 2. The van der Waals surface area contributed by atoms with Crippen LogP contribution < -0.4 is 0 Å². The number of aliphatic hydroxyl groups excluding tert-OH is 2. The Hall–Kier alpha value is -1.40. The van der Waals surface area contributed by atoms with Crippen LogP contribution >= 0.6 is 0 Å². The average Bonchev–Trinajstić information content (AvgIpc) is 2.96. The van der Waals surface area contributed by atoms with E-state index in [0.29, 0.717) is 24.8 Å². The molecule has 0 spiro atoms. The van der Waals surface area contributed by atoms with Crippen molar-refractivity contribution in [3.8, 4) is 0 Å². The fraction of sp³-hybridized carbons (Fsp3) is 0.826. The summed E-state index contributed by atoms with van der Waals surface area (Å²) in [5.41, 5.74) is -0.119. The first-order chi connectivity index (χ1) is 13.6. The lowest BCUT2D eigenvalue weighted by Crippen LogP contribution is -2.43. The smallest absolute Gasteiger partial charge is 0.337 e. The first-order valence-corrected chi connectivity index (χ1v) is 11.1. The maximum atomic E-state index is 12.9. The van der Waals surface area contributed by atoms with Gasteiger partial charge in [-0.1, -0.05) is 34.1 Å². The van der Waals surface area contributed by atoms with Gasteiger partial charge in [-0.05, 0) is 38.5 Å². The van der Waals surface area contributed by atoms with E-state index in [2.05, 4.69) is 6.92 Å². The Morgan fingerprint density at radius 2 is 1.90 bits per heavy atom. The lowest BCUT2D eigenvalue weighted by atomic mass is 9.80. The van der Waals surface area contributed by atoms with Gasteiger partial charge in [0.05, 0.1) is 29.3 Å². The molecular weight excluding hydrogens is 372 g/mol. The van der Waals surface area contributed by atoms with Crippen molar-refractivity contribution in [3.05, 3.63) is 11.3 Å². The van der Waals surface area contributed by atoms with Crippen LogP contribution in [0.2, 0.25) is 0 Å². The van der Waals surface area contributed by atoms with Crippen molar-refractivity contribution in [2.24, 2.45) is 23.7 Å². The third-order valence-corrected chi connectivity index (χ3v) is 7.33. The molecule has 4 bridgehead atoms. The molecule has 8 atom stereocenters. The Kier molecular flexibility index (Phi) is 6.44. The van der Waals surface area contributed by atoms with Gasteiger partial charge < -0.3 is 19.7 Å². The van der Waals surface area contributed by atoms with E-state index >= 15 is 0 Å². The molecule has 0 saturated carbocycles. The molecule has 4 heterocycles. The highest BCUT2D eigenvalue weighted by molar-refractivity contribution is 5.91. The first-order valence-electron chi connectivity index (χ1n) is 11.1. The van der Waals surface area contributed by atoms with Gasteiger partial charge in [-0.15, -0.1) is 0 Å². The van der Waals surface area contributed by atoms with Crippen molar-refractivity contribution in [2.75, 3.05) is 0 Å². The molecular formula is C23H36O6. The number of ketones is 1. The molecule has 4 aliphatic heterocycles. The highest BCUT2D eigenvalue weighted by Crippen LogP contribution is 2.44. The molecule has 29 heavy (non-hydrogen) atoms. The van der Waals surface area contributed by atoms with Crippen molar-refractivity contribution in [3.63, 3.8) is 0 Å². The molecule has 0 amide bonds. The highest BCUT2D eigenvalue weighted by Gasteiger charge is 2.48. The van der Waals surface area contributed by atoms with E-state index in [1.165, 1.54) is 0 Å². The Bertz CT molecular complexity index is 685. The van der Waals surface area contributed by atoms with Crippen LogP contribution in [0.3, 0.4) is 0 Å². The largest absolute Gasteiger partial charge is 0.511 e. The fourth-order valence-electron chi connectivity index (χ4n) is 5.53. The number of hydrogen-bond acceptors (Lipinski definition) is 6. The Balaban J connectivity index is 2.00. The molecule has 4 rings (SSSR count). The fourth-order valence-corrected chi connectivity index (χ4v) is 5.53. The minimum absolute atomic E-state index is 0.0114. The van der Waals surface area contributed by atoms with Crippen molar-refractivity contribution in [2.45, 2.75) is 97.1 Å². The van der Waals surface area contributed by atoms with Crippen molar-refractivity contribution < 1.29 is 29.3 Å². The molecule has 2 N–H and O–H groups in total. The third kappa shape index (κ3) is 4.24. The van der Waals surface area contributed by atoms with Gasteiger partial charge in [0, 0.05) is 18.3 Å².